The molecule has 1 rings (SSSR count). The van der Waals surface area contributed by atoms with Gasteiger partial charge in [-0.05, 0) is 13.0 Å². The van der Waals surface area contributed by atoms with Gasteiger partial charge in [-0.3, -0.25) is 19.8 Å². The van der Waals surface area contributed by atoms with Crippen LogP contribution in [0.2, 0.25) is 0 Å². The number of rotatable bonds is 5. The Bertz CT molecular complexity index is 560. The van der Waals surface area contributed by atoms with Crippen molar-refractivity contribution < 1.29 is 24.0 Å². The van der Waals surface area contributed by atoms with Crippen molar-refractivity contribution in [3.05, 3.63) is 27.9 Å². The summed E-state index contributed by atoms with van der Waals surface area (Å²) in [6.45, 7) is 1.79. The van der Waals surface area contributed by atoms with Crippen molar-refractivity contribution in [3.63, 3.8) is 0 Å². The van der Waals surface area contributed by atoms with Gasteiger partial charge in [-0.2, -0.15) is 0 Å². The number of carbonyl (C=O) groups excluding carboxylic acids is 2. The Labute approximate surface area is 120 Å². The minimum atomic E-state index is -0.682. The highest BCUT2D eigenvalue weighted by atomic mass is 16.6. The Kier molecular flexibility index (Phi) is 5.58. The van der Waals surface area contributed by atoms with Gasteiger partial charge in [0.2, 0.25) is 0 Å². The number of anilines is 1. The SMILES string of the molecule is CCOC(=O)Cc1nc(N(C)C(=O)OC)ccc1[N+](=O)[O-]. The van der Waals surface area contributed by atoms with Gasteiger partial charge in [0.1, 0.15) is 11.5 Å². The monoisotopic (exact) mass is 297 g/mol. The Morgan fingerprint density at radius 2 is 2.10 bits per heavy atom. The molecule has 0 saturated carbocycles. The molecule has 0 spiro atoms. The number of carbonyl (C=O) groups is 2. The second-order valence-electron chi connectivity index (χ2n) is 3.90. The molecule has 0 aliphatic heterocycles. The quantitative estimate of drug-likeness (QED) is 0.457. The van der Waals surface area contributed by atoms with Gasteiger partial charge in [-0.1, -0.05) is 0 Å². The maximum Gasteiger partial charge on any atom is 0.414 e. The highest BCUT2D eigenvalue weighted by Gasteiger charge is 2.22. The van der Waals surface area contributed by atoms with Gasteiger partial charge in [0.25, 0.3) is 5.69 Å². The number of methoxy groups -OCH3 is 1. The number of hydrogen-bond donors (Lipinski definition) is 0. The van der Waals surface area contributed by atoms with Crippen LogP contribution in [0.25, 0.3) is 0 Å². The van der Waals surface area contributed by atoms with Crippen LogP contribution in [0.3, 0.4) is 0 Å². The molecule has 9 nitrogen and oxygen atoms in total. The number of esters is 1. The molecule has 0 unspecified atom stereocenters. The summed E-state index contributed by atoms with van der Waals surface area (Å²) in [5.41, 5.74) is -0.392. The summed E-state index contributed by atoms with van der Waals surface area (Å²) in [5.74, 6) is -0.502. The molecule has 9 heteroatoms. The zero-order chi connectivity index (χ0) is 16.0. The lowest BCUT2D eigenvalue weighted by molar-refractivity contribution is -0.385. The van der Waals surface area contributed by atoms with Crippen LogP contribution < -0.4 is 4.90 Å². The van der Waals surface area contributed by atoms with Gasteiger partial charge >= 0.3 is 12.1 Å². The Morgan fingerprint density at radius 3 is 2.62 bits per heavy atom. The molecule has 114 valence electrons. The molecular weight excluding hydrogens is 282 g/mol. The summed E-state index contributed by atoms with van der Waals surface area (Å²) in [4.78, 5) is 38.2. The fourth-order valence-corrected chi connectivity index (χ4v) is 1.54. The standard InChI is InChI=1S/C12H15N3O6/c1-4-21-11(16)7-8-9(15(18)19)5-6-10(13-8)14(2)12(17)20-3/h5-6H,4,7H2,1-3H3. The summed E-state index contributed by atoms with van der Waals surface area (Å²) >= 11 is 0. The van der Waals surface area contributed by atoms with E-state index >= 15 is 0 Å². The zero-order valence-corrected chi connectivity index (χ0v) is 11.9. The molecule has 1 aromatic rings. The molecule has 0 fully saturated rings. The van der Waals surface area contributed by atoms with Crippen LogP contribution in [-0.2, 0) is 20.7 Å². The van der Waals surface area contributed by atoms with Crippen molar-refractivity contribution in [2.24, 2.45) is 0 Å². The molecule has 1 heterocycles. The third-order valence-electron chi connectivity index (χ3n) is 2.54. The highest BCUT2D eigenvalue weighted by Crippen LogP contribution is 2.22. The van der Waals surface area contributed by atoms with Gasteiger partial charge < -0.3 is 9.47 Å². The molecule has 0 atom stereocenters. The molecule has 0 N–H and O–H groups in total. The Morgan fingerprint density at radius 1 is 1.43 bits per heavy atom. The summed E-state index contributed by atoms with van der Waals surface area (Å²) in [5, 5.41) is 10.9. The molecular formula is C12H15N3O6. The van der Waals surface area contributed by atoms with Crippen LogP contribution in [0.5, 0.6) is 0 Å². The van der Waals surface area contributed by atoms with Gasteiger partial charge in [-0.25, -0.2) is 9.78 Å². The second-order valence-corrected chi connectivity index (χ2v) is 3.90. The highest BCUT2D eigenvalue weighted by molar-refractivity contribution is 5.86. The van der Waals surface area contributed by atoms with E-state index in [1.54, 1.807) is 6.92 Å². The van der Waals surface area contributed by atoms with Crippen LogP contribution in [0.1, 0.15) is 12.6 Å². The van der Waals surface area contributed by atoms with Crippen molar-refractivity contribution in [3.8, 4) is 0 Å². The van der Waals surface area contributed by atoms with E-state index in [1.165, 1.54) is 26.3 Å². The zero-order valence-electron chi connectivity index (χ0n) is 11.9. The number of pyridine rings is 1. The minimum absolute atomic E-state index is 0.0771. The molecule has 0 aliphatic rings. The molecule has 0 aliphatic carbocycles. The third kappa shape index (κ3) is 4.13. The van der Waals surface area contributed by atoms with E-state index in [4.69, 9.17) is 4.74 Å². The number of amides is 1. The normalized spacial score (nSPS) is 9.86. The molecule has 21 heavy (non-hydrogen) atoms. The molecule has 0 bridgehead atoms. The Balaban J connectivity index is 3.14. The van der Waals surface area contributed by atoms with Gasteiger partial charge in [0, 0.05) is 13.1 Å². The van der Waals surface area contributed by atoms with Crippen molar-refractivity contribution in [2.75, 3.05) is 25.7 Å². The van der Waals surface area contributed by atoms with E-state index < -0.39 is 17.0 Å². The van der Waals surface area contributed by atoms with Crippen LogP contribution in [0.15, 0.2) is 12.1 Å². The van der Waals surface area contributed by atoms with E-state index in [0.29, 0.717) is 0 Å². The Hall–Kier alpha value is -2.71. The predicted octanol–water partition coefficient (Wildman–Crippen LogP) is 1.30. The first-order valence-corrected chi connectivity index (χ1v) is 6.02. The van der Waals surface area contributed by atoms with Crippen molar-refractivity contribution >= 4 is 23.6 Å². The first-order chi connectivity index (χ1) is 9.90. The van der Waals surface area contributed by atoms with Gasteiger partial charge in [0.15, 0.2) is 0 Å². The van der Waals surface area contributed by atoms with Crippen LogP contribution >= 0.6 is 0 Å². The van der Waals surface area contributed by atoms with E-state index in [2.05, 4.69) is 9.72 Å². The number of hydrogen-bond acceptors (Lipinski definition) is 7. The van der Waals surface area contributed by atoms with E-state index in [0.717, 1.165) is 4.90 Å². The van der Waals surface area contributed by atoms with Gasteiger partial charge in [0.05, 0.1) is 25.1 Å². The summed E-state index contributed by atoms with van der Waals surface area (Å²) in [7, 11) is 2.60. The second kappa shape index (κ2) is 7.17. The smallest absolute Gasteiger partial charge is 0.414 e. The number of nitro groups is 1. The number of nitrogens with zero attached hydrogens (tertiary/aromatic N) is 3. The van der Waals surface area contributed by atoms with E-state index in [9.17, 15) is 19.7 Å². The fourth-order valence-electron chi connectivity index (χ4n) is 1.54. The van der Waals surface area contributed by atoms with Crippen molar-refractivity contribution in [2.45, 2.75) is 13.3 Å². The molecule has 0 radical (unpaired) electrons. The summed E-state index contributed by atoms with van der Waals surface area (Å²) in [6.07, 6.45) is -1.04. The lowest BCUT2D eigenvalue weighted by Crippen LogP contribution is -2.27. The average Bonchev–Trinajstić information content (AvgIpc) is 2.45. The predicted molar refractivity (Wildman–Crippen MR) is 72.0 cm³/mol. The lowest BCUT2D eigenvalue weighted by Gasteiger charge is -2.15. The lowest BCUT2D eigenvalue weighted by atomic mass is 10.2. The van der Waals surface area contributed by atoms with E-state index in [-0.39, 0.29) is 30.2 Å². The first-order valence-electron chi connectivity index (χ1n) is 6.02. The summed E-state index contributed by atoms with van der Waals surface area (Å²) in [6, 6.07) is 2.47. The van der Waals surface area contributed by atoms with E-state index in [1.807, 2.05) is 0 Å². The van der Waals surface area contributed by atoms with Crippen LogP contribution in [0.4, 0.5) is 16.3 Å². The largest absolute Gasteiger partial charge is 0.466 e. The average molecular weight is 297 g/mol. The number of aromatic nitrogens is 1. The van der Waals surface area contributed by atoms with Crippen LogP contribution in [-0.4, -0.2) is 42.7 Å². The topological polar surface area (TPSA) is 112 Å². The fraction of sp³-hybridized carbons (Fsp3) is 0.417. The molecule has 0 saturated heterocycles. The molecule has 1 amide bonds. The molecule has 1 aromatic heterocycles. The van der Waals surface area contributed by atoms with Gasteiger partial charge in [-0.15, -0.1) is 0 Å². The van der Waals surface area contributed by atoms with Crippen molar-refractivity contribution in [1.29, 1.82) is 0 Å². The first kappa shape index (κ1) is 16.3. The minimum Gasteiger partial charge on any atom is -0.466 e. The van der Waals surface area contributed by atoms with Crippen molar-refractivity contribution in [1.82, 2.24) is 4.98 Å². The third-order valence-corrected chi connectivity index (χ3v) is 2.54. The summed E-state index contributed by atoms with van der Waals surface area (Å²) < 4.78 is 9.27. The number of ether oxygens (including phenoxy) is 2. The maximum atomic E-state index is 11.5. The van der Waals surface area contributed by atoms with Crippen LogP contribution in [0, 0.1) is 10.1 Å². The maximum absolute atomic E-state index is 11.5. The molecule has 0 aromatic carbocycles.